The van der Waals surface area contributed by atoms with Crippen LogP contribution in [0.15, 0.2) is 78.9 Å². The number of halogens is 1. The van der Waals surface area contributed by atoms with Gasteiger partial charge in [-0.25, -0.2) is 0 Å². The quantitative estimate of drug-likeness (QED) is 0.287. The highest BCUT2D eigenvalue weighted by atomic mass is 35.5. The molecule has 0 radical (unpaired) electrons. The van der Waals surface area contributed by atoms with E-state index in [4.69, 9.17) is 32.6 Å². The predicted octanol–water partition coefficient (Wildman–Crippen LogP) is 5.33. The molecule has 0 saturated carbocycles. The first-order chi connectivity index (χ1) is 17.7. The molecule has 0 aromatic heterocycles. The standard InChI is InChI=1S/C21H19ClN2O2.C8H9NO2/c1-24(13-16-6-2-5-9-19(16)22)21(25)14-26-20-11-10-15(12-23)17-7-3-4-8-18(17)20;1-5-4-6(8(9)11)2-3-7(5)10/h2-12,23H,13-14H2,1H3;2-4,10H,1H3,(H2,9,11). The molecule has 4 aromatic carbocycles. The average Bonchev–Trinajstić information content (AvgIpc) is 2.90. The van der Waals surface area contributed by atoms with Crippen molar-refractivity contribution in [2.45, 2.75) is 13.5 Å². The van der Waals surface area contributed by atoms with E-state index in [-0.39, 0.29) is 18.3 Å². The summed E-state index contributed by atoms with van der Waals surface area (Å²) < 4.78 is 5.77. The van der Waals surface area contributed by atoms with Gasteiger partial charge in [0.25, 0.3) is 5.91 Å². The van der Waals surface area contributed by atoms with E-state index in [0.717, 1.165) is 21.9 Å². The van der Waals surface area contributed by atoms with Crippen LogP contribution in [0.2, 0.25) is 5.02 Å². The lowest BCUT2D eigenvalue weighted by Crippen LogP contribution is -2.31. The number of aromatic hydroxyl groups is 1. The van der Waals surface area contributed by atoms with Gasteiger partial charge in [-0.1, -0.05) is 54.1 Å². The molecular formula is C29H28ClN3O4. The number of phenols is 1. The van der Waals surface area contributed by atoms with E-state index in [0.29, 0.717) is 28.4 Å². The van der Waals surface area contributed by atoms with Gasteiger partial charge in [0.05, 0.1) is 0 Å². The van der Waals surface area contributed by atoms with Crippen LogP contribution in [0.5, 0.6) is 11.5 Å². The van der Waals surface area contributed by atoms with E-state index in [9.17, 15) is 9.59 Å². The van der Waals surface area contributed by atoms with Crippen LogP contribution in [-0.4, -0.2) is 41.7 Å². The zero-order chi connectivity index (χ0) is 26.9. The predicted molar refractivity (Wildman–Crippen MR) is 147 cm³/mol. The fraction of sp³-hybridized carbons (Fsp3) is 0.138. The molecule has 37 heavy (non-hydrogen) atoms. The van der Waals surface area contributed by atoms with Crippen molar-refractivity contribution in [3.05, 3.63) is 106 Å². The lowest BCUT2D eigenvalue weighted by atomic mass is 10.0. The Balaban J connectivity index is 0.000000289. The summed E-state index contributed by atoms with van der Waals surface area (Å²) in [6, 6.07) is 23.3. The highest BCUT2D eigenvalue weighted by molar-refractivity contribution is 6.31. The van der Waals surface area contributed by atoms with Gasteiger partial charge in [0.1, 0.15) is 11.5 Å². The number of nitrogens with one attached hydrogen (secondary N) is 1. The van der Waals surface area contributed by atoms with Crippen LogP contribution >= 0.6 is 11.6 Å². The number of rotatable bonds is 7. The number of carbonyl (C=O) groups excluding carboxylic acids is 2. The van der Waals surface area contributed by atoms with Crippen LogP contribution in [0.4, 0.5) is 0 Å². The molecule has 0 spiro atoms. The van der Waals surface area contributed by atoms with Gasteiger partial charge >= 0.3 is 0 Å². The SMILES string of the molecule is CN(Cc1ccccc1Cl)C(=O)COc1ccc(C=N)c2ccccc12.Cc1cc(C(N)=O)ccc1O. The second kappa shape index (κ2) is 12.6. The number of primary amides is 1. The number of hydrogen-bond donors (Lipinski definition) is 3. The topological polar surface area (TPSA) is 117 Å². The van der Waals surface area contributed by atoms with Crippen molar-refractivity contribution in [3.63, 3.8) is 0 Å². The van der Waals surface area contributed by atoms with Crippen molar-refractivity contribution in [1.29, 1.82) is 5.41 Å². The molecule has 4 aromatic rings. The van der Waals surface area contributed by atoms with Gasteiger partial charge < -0.3 is 25.9 Å². The third kappa shape index (κ3) is 7.08. The minimum absolute atomic E-state index is 0.0606. The van der Waals surface area contributed by atoms with E-state index in [1.807, 2.05) is 54.6 Å². The third-order valence-corrected chi connectivity index (χ3v) is 6.07. The van der Waals surface area contributed by atoms with Crippen LogP contribution in [0.3, 0.4) is 0 Å². The van der Waals surface area contributed by atoms with Gasteiger partial charge in [-0.2, -0.15) is 0 Å². The Kier molecular flexibility index (Phi) is 9.24. The van der Waals surface area contributed by atoms with E-state index in [1.165, 1.54) is 18.3 Å². The Hall–Kier alpha value is -4.36. The lowest BCUT2D eigenvalue weighted by Gasteiger charge is -2.19. The smallest absolute Gasteiger partial charge is 0.260 e. The minimum Gasteiger partial charge on any atom is -0.508 e. The van der Waals surface area contributed by atoms with Crippen molar-refractivity contribution in [2.75, 3.05) is 13.7 Å². The minimum atomic E-state index is -0.479. The maximum atomic E-state index is 12.4. The van der Waals surface area contributed by atoms with E-state index in [2.05, 4.69) is 0 Å². The molecule has 0 bridgehead atoms. The number of phenolic OH excluding ortho intramolecular Hbond substituents is 1. The first-order valence-electron chi connectivity index (χ1n) is 11.4. The summed E-state index contributed by atoms with van der Waals surface area (Å²) in [4.78, 5) is 24.6. The zero-order valence-electron chi connectivity index (χ0n) is 20.6. The van der Waals surface area contributed by atoms with Crippen LogP contribution in [0, 0.1) is 12.3 Å². The van der Waals surface area contributed by atoms with Gasteiger partial charge in [-0.15, -0.1) is 0 Å². The van der Waals surface area contributed by atoms with Crippen molar-refractivity contribution in [3.8, 4) is 11.5 Å². The number of fused-ring (bicyclic) bond motifs is 1. The average molecular weight is 518 g/mol. The summed E-state index contributed by atoms with van der Waals surface area (Å²) in [5, 5.41) is 19.0. The summed E-state index contributed by atoms with van der Waals surface area (Å²) >= 11 is 6.15. The van der Waals surface area contributed by atoms with Gasteiger partial charge in [0.15, 0.2) is 6.61 Å². The maximum Gasteiger partial charge on any atom is 0.260 e. The molecule has 4 rings (SSSR count). The Morgan fingerprint density at radius 2 is 1.70 bits per heavy atom. The molecule has 0 aliphatic heterocycles. The maximum absolute atomic E-state index is 12.4. The summed E-state index contributed by atoms with van der Waals surface area (Å²) in [5.41, 5.74) is 7.79. The van der Waals surface area contributed by atoms with Gasteiger partial charge in [0, 0.05) is 41.3 Å². The van der Waals surface area contributed by atoms with Crippen molar-refractivity contribution >= 4 is 40.4 Å². The van der Waals surface area contributed by atoms with Crippen molar-refractivity contribution < 1.29 is 19.4 Å². The zero-order valence-corrected chi connectivity index (χ0v) is 21.3. The summed E-state index contributed by atoms with van der Waals surface area (Å²) in [5.74, 6) is 0.193. The molecule has 0 aliphatic rings. The number of nitrogens with zero attached hydrogens (tertiary/aromatic N) is 1. The molecule has 0 unspecified atom stereocenters. The molecule has 0 fully saturated rings. The largest absolute Gasteiger partial charge is 0.508 e. The highest BCUT2D eigenvalue weighted by Crippen LogP contribution is 2.28. The molecular weight excluding hydrogens is 490 g/mol. The van der Waals surface area contributed by atoms with Crippen molar-refractivity contribution in [1.82, 2.24) is 4.90 Å². The second-order valence-corrected chi connectivity index (χ2v) is 8.75. The van der Waals surface area contributed by atoms with Crippen LogP contribution < -0.4 is 10.5 Å². The third-order valence-electron chi connectivity index (χ3n) is 5.70. The molecule has 7 nitrogen and oxygen atoms in total. The molecule has 2 amide bonds. The monoisotopic (exact) mass is 517 g/mol. The molecule has 0 atom stereocenters. The van der Waals surface area contributed by atoms with Crippen LogP contribution in [0.25, 0.3) is 10.8 Å². The van der Waals surface area contributed by atoms with Gasteiger partial charge in [0.2, 0.25) is 5.91 Å². The molecule has 0 saturated heterocycles. The molecule has 0 heterocycles. The van der Waals surface area contributed by atoms with Crippen LogP contribution in [0.1, 0.15) is 27.0 Å². The first-order valence-corrected chi connectivity index (χ1v) is 11.8. The van der Waals surface area contributed by atoms with Crippen molar-refractivity contribution in [2.24, 2.45) is 5.73 Å². The van der Waals surface area contributed by atoms with Gasteiger partial charge in [-0.3, -0.25) is 9.59 Å². The second-order valence-electron chi connectivity index (χ2n) is 8.34. The fourth-order valence-corrected chi connectivity index (χ4v) is 3.77. The number of carbonyl (C=O) groups is 2. The van der Waals surface area contributed by atoms with E-state index in [1.54, 1.807) is 31.0 Å². The first kappa shape index (κ1) is 27.2. The normalized spacial score (nSPS) is 10.2. The number of benzene rings is 4. The lowest BCUT2D eigenvalue weighted by molar-refractivity contribution is -0.132. The van der Waals surface area contributed by atoms with E-state index >= 15 is 0 Å². The Morgan fingerprint density at radius 3 is 2.35 bits per heavy atom. The molecule has 0 aliphatic carbocycles. The molecule has 190 valence electrons. The molecule has 4 N–H and O–H groups in total. The fourth-order valence-electron chi connectivity index (χ4n) is 3.58. The van der Waals surface area contributed by atoms with Crippen LogP contribution in [-0.2, 0) is 11.3 Å². The number of likely N-dealkylation sites (N-methyl/N-ethyl adjacent to an activating group) is 1. The number of amides is 2. The Bertz CT molecular complexity index is 1440. The summed E-state index contributed by atoms with van der Waals surface area (Å²) in [6.07, 6.45) is 1.31. The number of ether oxygens (including phenoxy) is 1. The van der Waals surface area contributed by atoms with Gasteiger partial charge in [-0.05, 0) is 59.8 Å². The van der Waals surface area contributed by atoms with E-state index < -0.39 is 5.91 Å². The number of nitrogens with two attached hydrogens (primary N) is 1. The Morgan fingerprint density at radius 1 is 1.03 bits per heavy atom. The highest BCUT2D eigenvalue weighted by Gasteiger charge is 2.13. The number of aryl methyl sites for hydroxylation is 1. The summed E-state index contributed by atoms with van der Waals surface area (Å²) in [7, 11) is 1.73. The summed E-state index contributed by atoms with van der Waals surface area (Å²) in [6.45, 7) is 2.08. The number of hydrogen-bond acceptors (Lipinski definition) is 5. The Labute approximate surface area is 220 Å². The molecule has 8 heteroatoms.